The van der Waals surface area contributed by atoms with E-state index < -0.39 is 17.6 Å². The average molecular weight is 326 g/mol. The molecule has 1 aromatic heterocycles. The molecule has 0 radical (unpaired) electrons. The van der Waals surface area contributed by atoms with Crippen LogP contribution in [0.1, 0.15) is 29.7 Å². The molecule has 124 valence electrons. The Balaban J connectivity index is 1.84. The van der Waals surface area contributed by atoms with Crippen molar-refractivity contribution in [3.05, 3.63) is 65.2 Å². The van der Waals surface area contributed by atoms with Gasteiger partial charge in [-0.3, -0.25) is 15.0 Å². The zero-order chi connectivity index (χ0) is 17.3. The van der Waals surface area contributed by atoms with E-state index in [2.05, 4.69) is 4.98 Å². The van der Waals surface area contributed by atoms with Gasteiger partial charge < -0.3 is 0 Å². The number of nitrogens with zero attached hydrogens (tertiary/aromatic N) is 2. The maximum absolute atomic E-state index is 13.6. The van der Waals surface area contributed by atoms with Gasteiger partial charge in [0.1, 0.15) is 5.82 Å². The average Bonchev–Trinajstić information content (AvgIpc) is 3.06. The van der Waals surface area contributed by atoms with E-state index in [4.69, 9.17) is 0 Å². The number of amides is 1. The summed E-state index contributed by atoms with van der Waals surface area (Å²) < 4.78 is 13.6. The normalized spacial score (nSPS) is 16.8. The third kappa shape index (κ3) is 2.95. The number of carbonyl (C=O) groups excluding carboxylic acids is 1. The highest BCUT2D eigenvalue weighted by Crippen LogP contribution is 2.34. The van der Waals surface area contributed by atoms with Crippen molar-refractivity contribution >= 4 is 17.2 Å². The lowest BCUT2D eigenvalue weighted by molar-refractivity contribution is -0.126. The van der Waals surface area contributed by atoms with Crippen LogP contribution in [0.25, 0.3) is 5.57 Å². The smallest absolute Gasteiger partial charge is 0.257 e. The van der Waals surface area contributed by atoms with Crippen molar-refractivity contribution in [2.75, 3.05) is 5.06 Å². The SMILES string of the molecule is Cc1ncccc1C1=CC(C(=O)N(O)c2cccc(F)c2C)CC1. The van der Waals surface area contributed by atoms with Crippen LogP contribution in [-0.4, -0.2) is 16.1 Å². The third-order valence-electron chi connectivity index (χ3n) is 4.47. The van der Waals surface area contributed by atoms with Gasteiger partial charge >= 0.3 is 0 Å². The molecule has 1 atom stereocenters. The molecule has 1 aliphatic rings. The van der Waals surface area contributed by atoms with E-state index in [0.717, 1.165) is 23.3 Å². The number of allylic oxidation sites excluding steroid dienone is 1. The summed E-state index contributed by atoms with van der Waals surface area (Å²) in [5.74, 6) is -1.32. The predicted molar refractivity (Wildman–Crippen MR) is 90.1 cm³/mol. The van der Waals surface area contributed by atoms with Crippen LogP contribution in [0.2, 0.25) is 0 Å². The Bertz CT molecular complexity index is 817. The second-order valence-corrected chi connectivity index (χ2v) is 6.01. The molecule has 1 N–H and O–H groups in total. The maximum Gasteiger partial charge on any atom is 0.257 e. The first kappa shape index (κ1) is 16.3. The molecule has 1 aromatic carbocycles. The number of pyridine rings is 1. The minimum atomic E-state index is -0.451. The minimum Gasteiger partial charge on any atom is -0.281 e. The van der Waals surface area contributed by atoms with Crippen LogP contribution in [0, 0.1) is 25.6 Å². The molecule has 0 aliphatic heterocycles. The summed E-state index contributed by atoms with van der Waals surface area (Å²) in [7, 11) is 0. The number of aromatic nitrogens is 1. The summed E-state index contributed by atoms with van der Waals surface area (Å²) >= 11 is 0. The Kier molecular flexibility index (Phi) is 4.44. The van der Waals surface area contributed by atoms with Crippen molar-refractivity contribution in [3.8, 4) is 0 Å². The first-order valence-electron chi connectivity index (χ1n) is 7.89. The van der Waals surface area contributed by atoms with Crippen LogP contribution >= 0.6 is 0 Å². The number of benzene rings is 1. The number of hydrogen-bond acceptors (Lipinski definition) is 3. The van der Waals surface area contributed by atoms with Crippen LogP contribution in [0.5, 0.6) is 0 Å². The molecule has 5 heteroatoms. The van der Waals surface area contributed by atoms with E-state index >= 15 is 0 Å². The van der Waals surface area contributed by atoms with Crippen LogP contribution in [0.4, 0.5) is 10.1 Å². The summed E-state index contributed by atoms with van der Waals surface area (Å²) in [5, 5.41) is 10.8. The Hall–Kier alpha value is -2.53. The lowest BCUT2D eigenvalue weighted by atomic mass is 10.0. The molecule has 1 amide bonds. The van der Waals surface area contributed by atoms with Crippen LogP contribution in [-0.2, 0) is 4.79 Å². The summed E-state index contributed by atoms with van der Waals surface area (Å²) in [6.07, 6.45) is 4.98. The van der Waals surface area contributed by atoms with Gasteiger partial charge in [-0.1, -0.05) is 18.2 Å². The van der Waals surface area contributed by atoms with Gasteiger partial charge in [0.25, 0.3) is 5.91 Å². The summed E-state index contributed by atoms with van der Waals surface area (Å²) in [6, 6.07) is 8.15. The highest BCUT2D eigenvalue weighted by Gasteiger charge is 2.29. The molecule has 0 bridgehead atoms. The standard InChI is InChI=1S/C19H19FN2O2/c1-12-17(20)6-3-7-18(12)22(24)19(23)15-9-8-14(11-15)16-5-4-10-21-13(16)2/h3-7,10-11,15,24H,8-9H2,1-2H3. The number of anilines is 1. The maximum atomic E-state index is 13.6. The Morgan fingerprint density at radius 2 is 2.08 bits per heavy atom. The molecular weight excluding hydrogens is 307 g/mol. The minimum absolute atomic E-state index is 0.180. The lowest BCUT2D eigenvalue weighted by Gasteiger charge is -2.20. The zero-order valence-corrected chi connectivity index (χ0v) is 13.7. The van der Waals surface area contributed by atoms with E-state index in [1.165, 1.54) is 25.1 Å². The molecule has 0 spiro atoms. The first-order chi connectivity index (χ1) is 11.5. The fourth-order valence-corrected chi connectivity index (χ4v) is 3.06. The molecule has 0 fully saturated rings. The second kappa shape index (κ2) is 6.53. The fourth-order valence-electron chi connectivity index (χ4n) is 3.06. The third-order valence-corrected chi connectivity index (χ3v) is 4.47. The highest BCUT2D eigenvalue weighted by molar-refractivity contribution is 5.96. The largest absolute Gasteiger partial charge is 0.281 e. The van der Waals surface area contributed by atoms with Crippen LogP contribution in [0.15, 0.2) is 42.6 Å². The number of rotatable bonds is 3. The molecule has 4 nitrogen and oxygen atoms in total. The van der Waals surface area contributed by atoms with Crippen LogP contribution in [0.3, 0.4) is 0 Å². The molecule has 0 saturated heterocycles. The number of hydroxylamine groups is 1. The number of aryl methyl sites for hydroxylation is 1. The quantitative estimate of drug-likeness (QED) is 0.684. The van der Waals surface area contributed by atoms with Gasteiger partial charge in [0, 0.05) is 17.5 Å². The van der Waals surface area contributed by atoms with Gasteiger partial charge in [0.05, 0.1) is 11.6 Å². The van der Waals surface area contributed by atoms with E-state index in [-0.39, 0.29) is 11.3 Å². The van der Waals surface area contributed by atoms with Gasteiger partial charge in [-0.25, -0.2) is 4.39 Å². The first-order valence-corrected chi connectivity index (χ1v) is 7.89. The van der Waals surface area contributed by atoms with E-state index in [1.807, 2.05) is 25.1 Å². The summed E-state index contributed by atoms with van der Waals surface area (Å²) in [5.41, 5.74) is 3.43. The number of carbonyl (C=O) groups is 1. The second-order valence-electron chi connectivity index (χ2n) is 6.01. The van der Waals surface area contributed by atoms with Crippen molar-refractivity contribution in [2.45, 2.75) is 26.7 Å². The molecule has 1 unspecified atom stereocenters. The highest BCUT2D eigenvalue weighted by atomic mass is 19.1. The zero-order valence-electron chi connectivity index (χ0n) is 13.7. The van der Waals surface area contributed by atoms with E-state index in [9.17, 15) is 14.4 Å². The Morgan fingerprint density at radius 3 is 2.83 bits per heavy atom. The summed E-state index contributed by atoms with van der Waals surface area (Å²) in [6.45, 7) is 3.47. The van der Waals surface area contributed by atoms with Crippen LogP contribution < -0.4 is 5.06 Å². The number of halogens is 1. The van der Waals surface area contributed by atoms with Crippen molar-refractivity contribution in [1.82, 2.24) is 4.98 Å². The molecular formula is C19H19FN2O2. The van der Waals surface area contributed by atoms with E-state index in [1.54, 1.807) is 6.20 Å². The summed E-state index contributed by atoms with van der Waals surface area (Å²) in [4.78, 5) is 16.8. The van der Waals surface area contributed by atoms with Gasteiger partial charge in [-0.05, 0) is 56.0 Å². The van der Waals surface area contributed by atoms with Crippen molar-refractivity contribution in [3.63, 3.8) is 0 Å². The molecule has 3 rings (SSSR count). The van der Waals surface area contributed by atoms with E-state index in [0.29, 0.717) is 11.5 Å². The monoisotopic (exact) mass is 326 g/mol. The molecule has 0 saturated carbocycles. The van der Waals surface area contributed by atoms with Gasteiger partial charge in [0.15, 0.2) is 0 Å². The number of hydrogen-bond donors (Lipinski definition) is 1. The molecule has 1 heterocycles. The Morgan fingerprint density at radius 1 is 1.29 bits per heavy atom. The van der Waals surface area contributed by atoms with Gasteiger partial charge in [0.2, 0.25) is 0 Å². The van der Waals surface area contributed by atoms with Crippen molar-refractivity contribution in [2.24, 2.45) is 5.92 Å². The molecule has 2 aromatic rings. The molecule has 1 aliphatic carbocycles. The van der Waals surface area contributed by atoms with Crippen molar-refractivity contribution in [1.29, 1.82) is 0 Å². The molecule has 24 heavy (non-hydrogen) atoms. The topological polar surface area (TPSA) is 53.4 Å². The lowest BCUT2D eigenvalue weighted by Crippen LogP contribution is -2.32. The van der Waals surface area contributed by atoms with Gasteiger partial charge in [-0.15, -0.1) is 0 Å². The Labute approximate surface area is 140 Å². The van der Waals surface area contributed by atoms with Crippen molar-refractivity contribution < 1.29 is 14.4 Å². The van der Waals surface area contributed by atoms with Gasteiger partial charge in [-0.2, -0.15) is 5.06 Å². The predicted octanol–water partition coefficient (Wildman–Crippen LogP) is 4.05. The fraction of sp³-hybridized carbons (Fsp3) is 0.263.